The van der Waals surface area contributed by atoms with Gasteiger partial charge in [-0.2, -0.15) is 0 Å². The van der Waals surface area contributed by atoms with Crippen LogP contribution in [0.2, 0.25) is 0 Å². The van der Waals surface area contributed by atoms with Crippen molar-refractivity contribution >= 4 is 33.5 Å². The van der Waals surface area contributed by atoms with Gasteiger partial charge in [0, 0.05) is 17.1 Å². The first-order chi connectivity index (χ1) is 16.5. The van der Waals surface area contributed by atoms with Crippen LogP contribution >= 0.6 is 0 Å². The number of ether oxygens (including phenoxy) is 1. The fraction of sp³-hybridized carbons (Fsp3) is 0.115. The van der Waals surface area contributed by atoms with Gasteiger partial charge in [0.05, 0.1) is 25.5 Å². The van der Waals surface area contributed by atoms with Gasteiger partial charge in [0.15, 0.2) is 0 Å². The van der Waals surface area contributed by atoms with Gasteiger partial charge < -0.3 is 14.6 Å². The standard InChI is InChI=1S/C26H21FN4O3/c1-34-20-9-5-8-19(13-20)29-23(32)15-31-22-11-10-18(27)12-21(22)24-25(31)26(33)30(16-28-24)14-17-6-3-2-4-7-17/h2-13,16H,14-15H2,1H3,(H,29,32). The molecule has 0 radical (unpaired) electrons. The number of methoxy groups -OCH3 is 1. The number of carbonyl (C=O) groups excluding carboxylic acids is 1. The number of halogens is 1. The summed E-state index contributed by atoms with van der Waals surface area (Å²) in [7, 11) is 1.55. The number of carbonyl (C=O) groups is 1. The molecule has 0 aliphatic heterocycles. The Morgan fingerprint density at radius 2 is 1.88 bits per heavy atom. The Kier molecular flexibility index (Phi) is 5.55. The number of rotatable bonds is 6. The van der Waals surface area contributed by atoms with Crippen LogP contribution in [0, 0.1) is 5.82 Å². The topological polar surface area (TPSA) is 78.2 Å². The van der Waals surface area contributed by atoms with Gasteiger partial charge in [-0.3, -0.25) is 14.2 Å². The molecule has 170 valence electrons. The maximum atomic E-state index is 14.1. The number of fused-ring (bicyclic) bond motifs is 3. The van der Waals surface area contributed by atoms with Gasteiger partial charge >= 0.3 is 0 Å². The van der Waals surface area contributed by atoms with Crippen LogP contribution in [-0.2, 0) is 17.9 Å². The lowest BCUT2D eigenvalue weighted by molar-refractivity contribution is -0.116. The zero-order chi connectivity index (χ0) is 23.7. The Hall–Kier alpha value is -4.46. The van der Waals surface area contributed by atoms with E-state index in [1.807, 2.05) is 30.3 Å². The minimum absolute atomic E-state index is 0.144. The Morgan fingerprint density at radius 1 is 1.06 bits per heavy atom. The van der Waals surface area contributed by atoms with E-state index < -0.39 is 5.82 Å². The first-order valence-corrected chi connectivity index (χ1v) is 10.7. The molecular weight excluding hydrogens is 435 g/mol. The van der Waals surface area contributed by atoms with Gasteiger partial charge in [-0.25, -0.2) is 9.37 Å². The summed E-state index contributed by atoms with van der Waals surface area (Å²) in [6.07, 6.45) is 1.46. The molecule has 0 saturated carbocycles. The van der Waals surface area contributed by atoms with E-state index in [1.54, 1.807) is 42.0 Å². The van der Waals surface area contributed by atoms with Gasteiger partial charge in [-0.1, -0.05) is 36.4 Å². The van der Waals surface area contributed by atoms with Crippen LogP contribution < -0.4 is 15.6 Å². The van der Waals surface area contributed by atoms with Crippen LogP contribution in [0.1, 0.15) is 5.56 Å². The molecule has 0 unspecified atom stereocenters. The van der Waals surface area contributed by atoms with Crippen LogP contribution in [0.5, 0.6) is 5.75 Å². The summed E-state index contributed by atoms with van der Waals surface area (Å²) in [6, 6.07) is 20.7. The number of nitrogens with one attached hydrogen (secondary N) is 1. The van der Waals surface area contributed by atoms with Crippen molar-refractivity contribution in [3.05, 3.63) is 101 Å². The highest BCUT2D eigenvalue weighted by Gasteiger charge is 2.19. The molecule has 3 aromatic carbocycles. The van der Waals surface area contributed by atoms with Crippen molar-refractivity contribution in [1.82, 2.24) is 14.1 Å². The second-order valence-corrected chi connectivity index (χ2v) is 7.89. The molecule has 0 aliphatic rings. The average Bonchev–Trinajstić information content (AvgIpc) is 3.14. The van der Waals surface area contributed by atoms with Gasteiger partial charge in [0.1, 0.15) is 29.1 Å². The number of benzene rings is 3. The minimum Gasteiger partial charge on any atom is -0.497 e. The molecule has 5 rings (SSSR count). The van der Waals surface area contributed by atoms with Crippen LogP contribution in [0.25, 0.3) is 21.9 Å². The van der Waals surface area contributed by atoms with Crippen molar-refractivity contribution in [3.63, 3.8) is 0 Å². The Bertz CT molecular complexity index is 1570. The quantitative estimate of drug-likeness (QED) is 0.416. The van der Waals surface area contributed by atoms with Crippen molar-refractivity contribution in [1.29, 1.82) is 0 Å². The van der Waals surface area contributed by atoms with E-state index in [0.717, 1.165) is 5.56 Å². The maximum absolute atomic E-state index is 14.1. The van der Waals surface area contributed by atoms with Crippen molar-refractivity contribution in [3.8, 4) is 5.75 Å². The number of hydrogen-bond acceptors (Lipinski definition) is 4. The molecule has 8 heteroatoms. The number of hydrogen-bond donors (Lipinski definition) is 1. The summed E-state index contributed by atoms with van der Waals surface area (Å²) in [4.78, 5) is 30.9. The minimum atomic E-state index is -0.442. The van der Waals surface area contributed by atoms with Gasteiger partial charge in [0.25, 0.3) is 5.56 Å². The SMILES string of the molecule is COc1cccc(NC(=O)Cn2c3ccc(F)cc3c3ncn(Cc4ccccc4)c(=O)c32)c1. The monoisotopic (exact) mass is 456 g/mol. The predicted molar refractivity (Wildman–Crippen MR) is 129 cm³/mol. The van der Waals surface area contributed by atoms with Crippen LogP contribution in [0.3, 0.4) is 0 Å². The Balaban J connectivity index is 1.59. The Morgan fingerprint density at radius 3 is 2.68 bits per heavy atom. The van der Waals surface area contributed by atoms with Crippen molar-refractivity contribution in [2.45, 2.75) is 13.1 Å². The molecule has 2 heterocycles. The highest BCUT2D eigenvalue weighted by Crippen LogP contribution is 2.26. The molecule has 0 atom stereocenters. The second kappa shape index (κ2) is 8.82. The van der Waals surface area contributed by atoms with E-state index in [-0.39, 0.29) is 23.5 Å². The van der Waals surface area contributed by atoms with Gasteiger partial charge in [-0.05, 0) is 35.9 Å². The molecule has 34 heavy (non-hydrogen) atoms. The van der Waals surface area contributed by atoms with Gasteiger partial charge in [0.2, 0.25) is 5.91 Å². The molecule has 0 fully saturated rings. The summed E-state index contributed by atoms with van der Waals surface area (Å²) in [5, 5.41) is 3.31. The van der Waals surface area contributed by atoms with Crippen molar-refractivity contribution in [2.24, 2.45) is 0 Å². The fourth-order valence-corrected chi connectivity index (χ4v) is 4.07. The van der Waals surface area contributed by atoms with E-state index in [4.69, 9.17) is 4.74 Å². The number of nitrogens with zero attached hydrogens (tertiary/aromatic N) is 3. The summed E-state index contributed by atoms with van der Waals surface area (Å²) in [6.45, 7) is 0.184. The first kappa shape index (κ1) is 21.4. The molecule has 7 nitrogen and oxygen atoms in total. The lowest BCUT2D eigenvalue weighted by atomic mass is 10.2. The van der Waals surface area contributed by atoms with Crippen molar-refractivity contribution < 1.29 is 13.9 Å². The van der Waals surface area contributed by atoms with E-state index in [1.165, 1.54) is 23.0 Å². The molecule has 0 bridgehead atoms. The molecular formula is C26H21FN4O3. The van der Waals surface area contributed by atoms with E-state index in [2.05, 4.69) is 10.3 Å². The normalized spacial score (nSPS) is 11.1. The number of aromatic nitrogens is 3. The van der Waals surface area contributed by atoms with E-state index in [9.17, 15) is 14.0 Å². The lowest BCUT2D eigenvalue weighted by Crippen LogP contribution is -2.25. The summed E-state index contributed by atoms with van der Waals surface area (Å²) >= 11 is 0. The Labute approximate surface area is 194 Å². The third kappa shape index (κ3) is 4.01. The summed E-state index contributed by atoms with van der Waals surface area (Å²) in [5.41, 5.74) is 2.36. The maximum Gasteiger partial charge on any atom is 0.278 e. The van der Waals surface area contributed by atoms with E-state index in [0.29, 0.717) is 34.4 Å². The molecule has 0 spiro atoms. The summed E-state index contributed by atoms with van der Waals surface area (Å²) < 4.78 is 22.3. The first-order valence-electron chi connectivity index (χ1n) is 10.7. The molecule has 1 N–H and O–H groups in total. The largest absolute Gasteiger partial charge is 0.497 e. The number of anilines is 1. The fourth-order valence-electron chi connectivity index (χ4n) is 4.07. The van der Waals surface area contributed by atoms with Crippen molar-refractivity contribution in [2.75, 3.05) is 12.4 Å². The van der Waals surface area contributed by atoms with Gasteiger partial charge in [-0.15, -0.1) is 0 Å². The highest BCUT2D eigenvalue weighted by atomic mass is 19.1. The molecule has 0 saturated heterocycles. The molecule has 0 aliphatic carbocycles. The molecule has 1 amide bonds. The smallest absolute Gasteiger partial charge is 0.278 e. The zero-order valence-corrected chi connectivity index (χ0v) is 18.4. The summed E-state index contributed by atoms with van der Waals surface area (Å²) in [5.74, 6) is -0.171. The molecule has 5 aromatic rings. The third-order valence-corrected chi connectivity index (χ3v) is 5.64. The third-order valence-electron chi connectivity index (χ3n) is 5.64. The average molecular weight is 456 g/mol. The second-order valence-electron chi connectivity index (χ2n) is 7.89. The van der Waals surface area contributed by atoms with Crippen LogP contribution in [0.4, 0.5) is 10.1 Å². The van der Waals surface area contributed by atoms with Crippen LogP contribution in [0.15, 0.2) is 83.9 Å². The molecule has 2 aromatic heterocycles. The predicted octanol–water partition coefficient (Wildman–Crippen LogP) is 4.19. The highest BCUT2D eigenvalue weighted by molar-refractivity contribution is 6.06. The number of amides is 1. The zero-order valence-electron chi connectivity index (χ0n) is 18.4. The lowest BCUT2D eigenvalue weighted by Gasteiger charge is -2.10. The van der Waals surface area contributed by atoms with Crippen LogP contribution in [-0.4, -0.2) is 27.1 Å². The van der Waals surface area contributed by atoms with E-state index >= 15 is 0 Å².